The van der Waals surface area contributed by atoms with Crippen LogP contribution in [-0.2, 0) is 9.53 Å². The summed E-state index contributed by atoms with van der Waals surface area (Å²) >= 11 is 0. The highest BCUT2D eigenvalue weighted by Gasteiger charge is 2.40. The molecule has 2 unspecified atom stereocenters. The SMILES string of the molecule is COC(C)(C)CN1C(=O)C(C)NC1c1ccc(F)cc1F. The third kappa shape index (κ3) is 3.22. The van der Waals surface area contributed by atoms with Crippen LogP contribution < -0.4 is 5.32 Å². The highest BCUT2D eigenvalue weighted by atomic mass is 19.1. The van der Waals surface area contributed by atoms with Crippen molar-refractivity contribution in [3.8, 4) is 0 Å². The molecule has 0 radical (unpaired) electrons. The van der Waals surface area contributed by atoms with Crippen LogP contribution in [0.2, 0.25) is 0 Å². The van der Waals surface area contributed by atoms with Crippen LogP contribution in [0.4, 0.5) is 8.78 Å². The Hall–Kier alpha value is -1.53. The summed E-state index contributed by atoms with van der Waals surface area (Å²) in [5, 5.41) is 3.04. The zero-order chi connectivity index (χ0) is 15.8. The van der Waals surface area contributed by atoms with Crippen LogP contribution in [0.15, 0.2) is 18.2 Å². The van der Waals surface area contributed by atoms with Crippen LogP contribution in [0.1, 0.15) is 32.5 Å². The van der Waals surface area contributed by atoms with Gasteiger partial charge in [0.05, 0.1) is 18.2 Å². The maximum atomic E-state index is 14.0. The van der Waals surface area contributed by atoms with Gasteiger partial charge in [0.1, 0.15) is 17.8 Å². The van der Waals surface area contributed by atoms with Gasteiger partial charge in [0.25, 0.3) is 0 Å². The second kappa shape index (κ2) is 5.69. The van der Waals surface area contributed by atoms with E-state index in [4.69, 9.17) is 4.74 Å². The van der Waals surface area contributed by atoms with Gasteiger partial charge in [-0.25, -0.2) is 8.78 Å². The van der Waals surface area contributed by atoms with Gasteiger partial charge in [-0.15, -0.1) is 0 Å². The lowest BCUT2D eigenvalue weighted by Crippen LogP contribution is -2.43. The number of benzene rings is 1. The fourth-order valence-electron chi connectivity index (χ4n) is 2.40. The van der Waals surface area contributed by atoms with E-state index in [1.165, 1.54) is 17.0 Å². The van der Waals surface area contributed by atoms with Crippen molar-refractivity contribution < 1.29 is 18.3 Å². The van der Waals surface area contributed by atoms with Gasteiger partial charge in [0, 0.05) is 18.7 Å². The second-order valence-electron chi connectivity index (χ2n) is 5.89. The molecule has 0 aromatic heterocycles. The number of nitrogens with zero attached hydrogens (tertiary/aromatic N) is 1. The zero-order valence-electron chi connectivity index (χ0n) is 12.6. The Labute approximate surface area is 123 Å². The summed E-state index contributed by atoms with van der Waals surface area (Å²) in [4.78, 5) is 13.8. The third-order valence-corrected chi connectivity index (χ3v) is 3.73. The molecular weight excluding hydrogens is 278 g/mol. The van der Waals surface area contributed by atoms with Crippen LogP contribution in [0.25, 0.3) is 0 Å². The van der Waals surface area contributed by atoms with E-state index in [-0.39, 0.29) is 11.5 Å². The number of hydrogen-bond donors (Lipinski definition) is 1. The number of nitrogens with one attached hydrogen (secondary N) is 1. The zero-order valence-corrected chi connectivity index (χ0v) is 12.6. The topological polar surface area (TPSA) is 41.6 Å². The van der Waals surface area contributed by atoms with Gasteiger partial charge in [-0.2, -0.15) is 0 Å². The molecular formula is C15H20F2N2O2. The highest BCUT2D eigenvalue weighted by molar-refractivity contribution is 5.84. The number of carbonyl (C=O) groups is 1. The molecule has 116 valence electrons. The molecule has 0 bridgehead atoms. The van der Waals surface area contributed by atoms with Crippen molar-refractivity contribution in [3.63, 3.8) is 0 Å². The average Bonchev–Trinajstić information content (AvgIpc) is 2.67. The van der Waals surface area contributed by atoms with E-state index in [2.05, 4.69) is 5.32 Å². The molecule has 0 saturated carbocycles. The van der Waals surface area contributed by atoms with Crippen molar-refractivity contribution in [3.05, 3.63) is 35.4 Å². The third-order valence-electron chi connectivity index (χ3n) is 3.73. The number of carbonyl (C=O) groups excluding carboxylic acids is 1. The molecule has 0 spiro atoms. The number of ether oxygens (including phenoxy) is 1. The summed E-state index contributed by atoms with van der Waals surface area (Å²) in [5.74, 6) is -1.44. The fourth-order valence-corrected chi connectivity index (χ4v) is 2.40. The summed E-state index contributed by atoms with van der Waals surface area (Å²) in [6.07, 6.45) is -0.623. The van der Waals surface area contributed by atoms with E-state index < -0.39 is 29.4 Å². The van der Waals surface area contributed by atoms with E-state index in [0.717, 1.165) is 6.07 Å². The average molecular weight is 298 g/mol. The van der Waals surface area contributed by atoms with E-state index in [0.29, 0.717) is 6.54 Å². The predicted octanol–water partition coefficient (Wildman–Crippen LogP) is 2.21. The lowest BCUT2D eigenvalue weighted by molar-refractivity contribution is -0.133. The molecule has 1 aliphatic heterocycles. The molecule has 1 N–H and O–H groups in total. The minimum Gasteiger partial charge on any atom is -0.377 e. The Bertz CT molecular complexity index is 548. The Balaban J connectivity index is 2.34. The van der Waals surface area contributed by atoms with Gasteiger partial charge < -0.3 is 9.64 Å². The minimum absolute atomic E-state index is 0.131. The quantitative estimate of drug-likeness (QED) is 0.926. The highest BCUT2D eigenvalue weighted by Crippen LogP contribution is 2.29. The number of amides is 1. The van der Waals surface area contributed by atoms with Gasteiger partial charge >= 0.3 is 0 Å². The Morgan fingerprint density at radius 3 is 2.62 bits per heavy atom. The van der Waals surface area contributed by atoms with E-state index in [1.807, 2.05) is 13.8 Å². The van der Waals surface area contributed by atoms with Crippen molar-refractivity contribution in [1.29, 1.82) is 0 Å². The number of halogens is 2. The Kier molecular flexibility index (Phi) is 4.30. The minimum atomic E-state index is -0.672. The molecule has 1 aromatic carbocycles. The van der Waals surface area contributed by atoms with Gasteiger partial charge in [0.2, 0.25) is 5.91 Å². The van der Waals surface area contributed by atoms with Gasteiger partial charge in [-0.3, -0.25) is 10.1 Å². The van der Waals surface area contributed by atoms with Crippen LogP contribution in [0.5, 0.6) is 0 Å². The first-order valence-electron chi connectivity index (χ1n) is 6.82. The molecule has 1 fully saturated rings. The van der Waals surface area contributed by atoms with Crippen LogP contribution in [0, 0.1) is 11.6 Å². The first-order chi connectivity index (χ1) is 9.75. The Morgan fingerprint density at radius 1 is 1.38 bits per heavy atom. The number of rotatable bonds is 4. The van der Waals surface area contributed by atoms with Crippen molar-refractivity contribution in [1.82, 2.24) is 10.2 Å². The van der Waals surface area contributed by atoms with Crippen molar-refractivity contribution in [2.75, 3.05) is 13.7 Å². The molecule has 21 heavy (non-hydrogen) atoms. The molecule has 1 heterocycles. The summed E-state index contributed by atoms with van der Waals surface area (Å²) in [6.45, 7) is 5.72. The normalized spacial score (nSPS) is 23.0. The molecule has 1 amide bonds. The summed E-state index contributed by atoms with van der Waals surface area (Å²) in [7, 11) is 1.56. The maximum absolute atomic E-state index is 14.0. The van der Waals surface area contributed by atoms with E-state index in [1.54, 1.807) is 14.0 Å². The smallest absolute Gasteiger partial charge is 0.241 e. The first kappa shape index (κ1) is 15.9. The standard InChI is InChI=1S/C15H20F2N2O2/c1-9-14(20)19(8-15(2,3)21-4)13(18-9)11-6-5-10(16)7-12(11)17/h5-7,9,13,18H,8H2,1-4H3. The fraction of sp³-hybridized carbons (Fsp3) is 0.533. The second-order valence-corrected chi connectivity index (χ2v) is 5.89. The molecule has 2 atom stereocenters. The summed E-state index contributed by atoms with van der Waals surface area (Å²) in [5.41, 5.74) is -0.308. The molecule has 1 saturated heterocycles. The molecule has 6 heteroatoms. The summed E-state index contributed by atoms with van der Waals surface area (Å²) in [6, 6.07) is 2.95. The van der Waals surface area contributed by atoms with Crippen molar-refractivity contribution >= 4 is 5.91 Å². The van der Waals surface area contributed by atoms with Gasteiger partial charge in [-0.1, -0.05) is 0 Å². The summed E-state index contributed by atoms with van der Waals surface area (Å²) < 4.78 is 32.4. The molecule has 0 aliphatic carbocycles. The van der Waals surface area contributed by atoms with Crippen LogP contribution in [0.3, 0.4) is 0 Å². The Morgan fingerprint density at radius 2 is 2.05 bits per heavy atom. The molecule has 2 rings (SSSR count). The number of hydrogen-bond acceptors (Lipinski definition) is 3. The van der Waals surface area contributed by atoms with Gasteiger partial charge in [0.15, 0.2) is 0 Å². The lowest BCUT2D eigenvalue weighted by Gasteiger charge is -2.32. The van der Waals surface area contributed by atoms with Crippen LogP contribution in [-0.4, -0.2) is 36.1 Å². The molecule has 1 aromatic rings. The first-order valence-corrected chi connectivity index (χ1v) is 6.82. The molecule has 4 nitrogen and oxygen atoms in total. The van der Waals surface area contributed by atoms with Crippen LogP contribution >= 0.6 is 0 Å². The predicted molar refractivity (Wildman–Crippen MR) is 74.5 cm³/mol. The maximum Gasteiger partial charge on any atom is 0.241 e. The van der Waals surface area contributed by atoms with Gasteiger partial charge in [-0.05, 0) is 32.9 Å². The van der Waals surface area contributed by atoms with Crippen molar-refractivity contribution in [2.24, 2.45) is 0 Å². The lowest BCUT2D eigenvalue weighted by atomic mass is 10.1. The van der Waals surface area contributed by atoms with E-state index in [9.17, 15) is 13.6 Å². The largest absolute Gasteiger partial charge is 0.377 e. The monoisotopic (exact) mass is 298 g/mol. The van der Waals surface area contributed by atoms with E-state index >= 15 is 0 Å². The van der Waals surface area contributed by atoms with Crippen molar-refractivity contribution in [2.45, 2.75) is 38.6 Å². The number of methoxy groups -OCH3 is 1. The molecule has 1 aliphatic rings.